The lowest BCUT2D eigenvalue weighted by Crippen LogP contribution is -2.12. The van der Waals surface area contributed by atoms with Gasteiger partial charge in [-0.1, -0.05) is 11.6 Å². The molecule has 0 atom stereocenters. The van der Waals surface area contributed by atoms with E-state index in [1.807, 2.05) is 0 Å². The van der Waals surface area contributed by atoms with Crippen LogP contribution in [0.2, 0.25) is 5.02 Å². The van der Waals surface area contributed by atoms with Crippen LogP contribution >= 0.6 is 11.6 Å². The van der Waals surface area contributed by atoms with Crippen LogP contribution in [0.1, 0.15) is 21.5 Å². The molecule has 0 amide bonds. The van der Waals surface area contributed by atoms with Crippen LogP contribution in [0.5, 0.6) is 0 Å². The van der Waals surface area contributed by atoms with Gasteiger partial charge in [0.2, 0.25) is 0 Å². The van der Waals surface area contributed by atoms with Crippen LogP contribution in [0.15, 0.2) is 6.07 Å². The Labute approximate surface area is 92.4 Å². The average molecular weight is 257 g/mol. The molecule has 0 fully saturated rings. The summed E-state index contributed by atoms with van der Waals surface area (Å²) in [6.07, 6.45) is -4.82. The van der Waals surface area contributed by atoms with Crippen LogP contribution in [-0.4, -0.2) is 11.1 Å². The Morgan fingerprint density at radius 2 is 1.94 bits per heavy atom. The minimum atomic E-state index is -4.82. The van der Waals surface area contributed by atoms with E-state index in [-0.39, 0.29) is 6.07 Å². The number of benzene rings is 1. The van der Waals surface area contributed by atoms with Crippen molar-refractivity contribution in [2.45, 2.75) is 13.1 Å². The van der Waals surface area contributed by atoms with E-state index in [2.05, 4.69) is 0 Å². The SMILES string of the molecule is Cc1c(Cl)c(C(F)(F)F)cc(F)c1C(=O)O. The first-order valence-corrected chi connectivity index (χ1v) is 4.33. The summed E-state index contributed by atoms with van der Waals surface area (Å²) in [7, 11) is 0. The minimum Gasteiger partial charge on any atom is -0.478 e. The van der Waals surface area contributed by atoms with Crippen molar-refractivity contribution in [3.05, 3.63) is 33.6 Å². The highest BCUT2D eigenvalue weighted by molar-refractivity contribution is 6.32. The maximum atomic E-state index is 13.1. The first-order chi connectivity index (χ1) is 7.16. The van der Waals surface area contributed by atoms with E-state index < -0.39 is 39.7 Å². The summed E-state index contributed by atoms with van der Waals surface area (Å²) in [6, 6.07) is 0.0821. The number of hydrogen-bond donors (Lipinski definition) is 1. The van der Waals surface area contributed by atoms with Crippen molar-refractivity contribution in [2.24, 2.45) is 0 Å². The monoisotopic (exact) mass is 256 g/mol. The Hall–Kier alpha value is -1.30. The third-order valence-electron chi connectivity index (χ3n) is 1.97. The van der Waals surface area contributed by atoms with Crippen LogP contribution in [0, 0.1) is 12.7 Å². The fourth-order valence-electron chi connectivity index (χ4n) is 1.22. The average Bonchev–Trinajstić information content (AvgIpc) is 2.09. The van der Waals surface area contributed by atoms with E-state index in [0.717, 1.165) is 6.92 Å². The van der Waals surface area contributed by atoms with E-state index in [1.54, 1.807) is 0 Å². The quantitative estimate of drug-likeness (QED) is 0.781. The number of carbonyl (C=O) groups is 1. The molecule has 1 aromatic rings. The Morgan fingerprint density at radius 1 is 1.44 bits per heavy atom. The molecule has 0 aliphatic rings. The van der Waals surface area contributed by atoms with Gasteiger partial charge in [-0.05, 0) is 18.6 Å². The molecule has 7 heteroatoms. The standard InChI is InChI=1S/C9H5ClF4O2/c1-3-6(8(15)16)5(11)2-4(7(3)10)9(12,13)14/h2H,1H3,(H,15,16). The van der Waals surface area contributed by atoms with Crippen LogP contribution in [0.25, 0.3) is 0 Å². The molecule has 88 valence electrons. The van der Waals surface area contributed by atoms with Gasteiger partial charge < -0.3 is 5.11 Å². The van der Waals surface area contributed by atoms with Crippen molar-refractivity contribution < 1.29 is 27.5 Å². The second-order valence-corrected chi connectivity index (χ2v) is 3.40. The van der Waals surface area contributed by atoms with Crippen LogP contribution in [0.4, 0.5) is 17.6 Å². The van der Waals surface area contributed by atoms with Crippen molar-refractivity contribution in [1.82, 2.24) is 0 Å². The van der Waals surface area contributed by atoms with Gasteiger partial charge in [-0.25, -0.2) is 9.18 Å². The van der Waals surface area contributed by atoms with Gasteiger partial charge in [0, 0.05) is 0 Å². The molecule has 1 aromatic carbocycles. The molecule has 1 rings (SSSR count). The zero-order valence-electron chi connectivity index (χ0n) is 7.82. The lowest BCUT2D eigenvalue weighted by molar-refractivity contribution is -0.137. The first kappa shape index (κ1) is 12.8. The molecule has 0 aliphatic carbocycles. The van der Waals surface area contributed by atoms with Gasteiger partial charge >= 0.3 is 12.1 Å². The maximum absolute atomic E-state index is 13.1. The lowest BCUT2D eigenvalue weighted by atomic mass is 10.0. The third kappa shape index (κ3) is 2.11. The predicted molar refractivity (Wildman–Crippen MR) is 48.1 cm³/mol. The Balaban J connectivity index is 3.58. The Bertz CT molecular complexity index is 454. The maximum Gasteiger partial charge on any atom is 0.417 e. The molecule has 0 aliphatic heterocycles. The highest BCUT2D eigenvalue weighted by Crippen LogP contribution is 2.38. The molecule has 0 saturated carbocycles. The lowest BCUT2D eigenvalue weighted by Gasteiger charge is -2.13. The first-order valence-electron chi connectivity index (χ1n) is 3.95. The third-order valence-corrected chi connectivity index (χ3v) is 2.46. The Kier molecular flexibility index (Phi) is 3.14. The summed E-state index contributed by atoms with van der Waals surface area (Å²) < 4.78 is 50.2. The molecule has 0 aromatic heterocycles. The molecule has 0 heterocycles. The number of halogens is 5. The molecule has 0 bridgehead atoms. The van der Waals surface area contributed by atoms with Crippen molar-refractivity contribution in [3.63, 3.8) is 0 Å². The van der Waals surface area contributed by atoms with E-state index in [4.69, 9.17) is 16.7 Å². The summed E-state index contributed by atoms with van der Waals surface area (Å²) in [5.41, 5.74) is -2.67. The van der Waals surface area contributed by atoms with Crippen LogP contribution in [-0.2, 0) is 6.18 Å². The van der Waals surface area contributed by atoms with E-state index in [9.17, 15) is 22.4 Å². The number of aromatic carboxylic acids is 1. The molecule has 0 spiro atoms. The van der Waals surface area contributed by atoms with Gasteiger partial charge in [0.05, 0.1) is 16.1 Å². The fraction of sp³-hybridized carbons (Fsp3) is 0.222. The fourth-order valence-corrected chi connectivity index (χ4v) is 1.48. The topological polar surface area (TPSA) is 37.3 Å². The van der Waals surface area contributed by atoms with Crippen molar-refractivity contribution >= 4 is 17.6 Å². The molecule has 16 heavy (non-hydrogen) atoms. The normalized spacial score (nSPS) is 11.6. The summed E-state index contributed by atoms with van der Waals surface area (Å²) in [6.45, 7) is 1.02. The predicted octanol–water partition coefficient (Wildman–Crippen LogP) is 3.50. The second-order valence-electron chi connectivity index (χ2n) is 3.02. The molecule has 0 saturated heterocycles. The minimum absolute atomic E-state index is 0.0821. The molecule has 2 nitrogen and oxygen atoms in total. The highest BCUT2D eigenvalue weighted by atomic mass is 35.5. The smallest absolute Gasteiger partial charge is 0.417 e. The van der Waals surface area contributed by atoms with Gasteiger partial charge in [-0.15, -0.1) is 0 Å². The number of hydrogen-bond acceptors (Lipinski definition) is 1. The number of carboxylic acids is 1. The summed E-state index contributed by atoms with van der Waals surface area (Å²) in [5.74, 6) is -3.12. The van der Waals surface area contributed by atoms with E-state index >= 15 is 0 Å². The van der Waals surface area contributed by atoms with E-state index in [0.29, 0.717) is 0 Å². The zero-order chi connectivity index (χ0) is 12.7. The number of rotatable bonds is 1. The van der Waals surface area contributed by atoms with Gasteiger partial charge in [-0.3, -0.25) is 0 Å². The molecule has 1 N–H and O–H groups in total. The largest absolute Gasteiger partial charge is 0.478 e. The van der Waals surface area contributed by atoms with Gasteiger partial charge in [0.15, 0.2) is 0 Å². The summed E-state index contributed by atoms with van der Waals surface area (Å²) >= 11 is 5.35. The number of alkyl halides is 3. The van der Waals surface area contributed by atoms with Crippen LogP contribution in [0.3, 0.4) is 0 Å². The highest BCUT2D eigenvalue weighted by Gasteiger charge is 2.36. The molecular formula is C9H5ClF4O2. The second kappa shape index (κ2) is 3.93. The van der Waals surface area contributed by atoms with E-state index in [1.165, 1.54) is 0 Å². The zero-order valence-corrected chi connectivity index (χ0v) is 8.58. The molecule has 0 unspecified atom stereocenters. The number of carboxylic acid groups (broad SMARTS) is 1. The van der Waals surface area contributed by atoms with Crippen molar-refractivity contribution in [2.75, 3.05) is 0 Å². The summed E-state index contributed by atoms with van der Waals surface area (Å²) in [5, 5.41) is 7.79. The molecule has 0 radical (unpaired) electrons. The van der Waals surface area contributed by atoms with Gasteiger partial charge in [0.1, 0.15) is 5.82 Å². The van der Waals surface area contributed by atoms with Gasteiger partial charge in [-0.2, -0.15) is 13.2 Å². The summed E-state index contributed by atoms with van der Waals surface area (Å²) in [4.78, 5) is 10.6. The molecular weight excluding hydrogens is 252 g/mol. The van der Waals surface area contributed by atoms with Crippen molar-refractivity contribution in [1.29, 1.82) is 0 Å². The Morgan fingerprint density at radius 3 is 2.31 bits per heavy atom. The van der Waals surface area contributed by atoms with Crippen LogP contribution < -0.4 is 0 Å². The van der Waals surface area contributed by atoms with Gasteiger partial charge in [0.25, 0.3) is 0 Å². The van der Waals surface area contributed by atoms with Crippen molar-refractivity contribution in [3.8, 4) is 0 Å².